The maximum atomic E-state index is 12.6. The second-order valence-corrected chi connectivity index (χ2v) is 3.77. The zero-order chi connectivity index (χ0) is 14.6. The van der Waals surface area contributed by atoms with Crippen molar-refractivity contribution in [2.45, 2.75) is 6.18 Å². The number of ether oxygens (including phenoxy) is 1. The first-order valence-corrected chi connectivity index (χ1v) is 5.19. The number of alkyl halides is 3. The quantitative estimate of drug-likeness (QED) is 0.791. The SMILES string of the molecule is COC(=O)CN(C)c1ccc(C(F)(F)F)c(C#N)c1. The van der Waals surface area contributed by atoms with Crippen LogP contribution in [0.3, 0.4) is 0 Å². The first-order valence-electron chi connectivity index (χ1n) is 5.19. The zero-order valence-corrected chi connectivity index (χ0v) is 10.3. The first-order chi connectivity index (χ1) is 8.79. The number of methoxy groups -OCH3 is 1. The van der Waals surface area contributed by atoms with Crippen LogP contribution in [0.4, 0.5) is 18.9 Å². The van der Waals surface area contributed by atoms with Crippen LogP contribution in [-0.2, 0) is 15.7 Å². The summed E-state index contributed by atoms with van der Waals surface area (Å²) in [6.45, 7) is -0.118. The number of carbonyl (C=O) groups excluding carboxylic acids is 1. The number of carbonyl (C=O) groups is 1. The highest BCUT2D eigenvalue weighted by Gasteiger charge is 2.33. The summed E-state index contributed by atoms with van der Waals surface area (Å²) in [4.78, 5) is 12.5. The summed E-state index contributed by atoms with van der Waals surface area (Å²) in [6, 6.07) is 4.61. The standard InChI is InChI=1S/C12H11F3N2O2/c1-17(7-11(18)19-2)9-3-4-10(12(13,14)15)8(5-9)6-16/h3-5H,7H2,1-2H3. The second-order valence-electron chi connectivity index (χ2n) is 3.77. The average molecular weight is 272 g/mol. The molecular weight excluding hydrogens is 261 g/mol. The van der Waals surface area contributed by atoms with Crippen molar-refractivity contribution >= 4 is 11.7 Å². The Labute approximate surface area is 108 Å². The van der Waals surface area contributed by atoms with Gasteiger partial charge in [0, 0.05) is 12.7 Å². The van der Waals surface area contributed by atoms with Crippen molar-refractivity contribution in [3.05, 3.63) is 29.3 Å². The summed E-state index contributed by atoms with van der Waals surface area (Å²) >= 11 is 0. The van der Waals surface area contributed by atoms with Gasteiger partial charge in [-0.1, -0.05) is 0 Å². The summed E-state index contributed by atoms with van der Waals surface area (Å²) in [5.41, 5.74) is -1.15. The number of hydrogen-bond donors (Lipinski definition) is 0. The highest BCUT2D eigenvalue weighted by atomic mass is 19.4. The minimum absolute atomic E-state index is 0.118. The van der Waals surface area contributed by atoms with Gasteiger partial charge in [0.15, 0.2) is 0 Å². The summed E-state index contributed by atoms with van der Waals surface area (Å²) in [6.07, 6.45) is -4.58. The average Bonchev–Trinajstić information content (AvgIpc) is 2.36. The molecule has 102 valence electrons. The number of esters is 1. The maximum Gasteiger partial charge on any atom is 0.417 e. The molecule has 0 aliphatic heterocycles. The van der Waals surface area contributed by atoms with Crippen molar-refractivity contribution in [1.29, 1.82) is 5.26 Å². The molecule has 7 heteroatoms. The number of hydrogen-bond acceptors (Lipinski definition) is 4. The Balaban J connectivity index is 3.08. The van der Waals surface area contributed by atoms with E-state index in [0.717, 1.165) is 12.1 Å². The third-order valence-corrected chi connectivity index (χ3v) is 2.46. The lowest BCUT2D eigenvalue weighted by atomic mass is 10.1. The first kappa shape index (κ1) is 14.8. The Morgan fingerprint density at radius 2 is 2.11 bits per heavy atom. The van der Waals surface area contributed by atoms with Crippen molar-refractivity contribution in [1.82, 2.24) is 0 Å². The van der Waals surface area contributed by atoms with E-state index in [0.29, 0.717) is 5.69 Å². The fourth-order valence-electron chi connectivity index (χ4n) is 1.46. The molecule has 0 spiro atoms. The minimum atomic E-state index is -4.58. The number of anilines is 1. The van der Waals surface area contributed by atoms with E-state index in [9.17, 15) is 18.0 Å². The molecule has 0 aliphatic rings. The molecule has 0 saturated heterocycles. The molecule has 0 saturated carbocycles. The van der Waals surface area contributed by atoms with Crippen LogP contribution in [-0.4, -0.2) is 26.7 Å². The van der Waals surface area contributed by atoms with Crippen molar-refractivity contribution in [2.24, 2.45) is 0 Å². The summed E-state index contributed by atoms with van der Waals surface area (Å²) in [5.74, 6) is -0.527. The fourth-order valence-corrected chi connectivity index (χ4v) is 1.46. The maximum absolute atomic E-state index is 12.6. The third-order valence-electron chi connectivity index (χ3n) is 2.46. The molecule has 1 aromatic carbocycles. The number of benzene rings is 1. The molecule has 0 radical (unpaired) electrons. The van der Waals surface area contributed by atoms with E-state index < -0.39 is 23.3 Å². The van der Waals surface area contributed by atoms with Crippen molar-refractivity contribution in [3.8, 4) is 6.07 Å². The molecule has 0 unspecified atom stereocenters. The summed E-state index contributed by atoms with van der Waals surface area (Å²) < 4.78 is 42.2. The van der Waals surface area contributed by atoms with Gasteiger partial charge in [0.25, 0.3) is 0 Å². The van der Waals surface area contributed by atoms with Crippen LogP contribution in [0.25, 0.3) is 0 Å². The van der Waals surface area contributed by atoms with E-state index in [2.05, 4.69) is 4.74 Å². The molecule has 4 nitrogen and oxygen atoms in total. The predicted octanol–water partition coefficient (Wildman–Crippen LogP) is 2.19. The fraction of sp³-hybridized carbons (Fsp3) is 0.333. The topological polar surface area (TPSA) is 53.3 Å². The third kappa shape index (κ3) is 3.61. The summed E-state index contributed by atoms with van der Waals surface area (Å²) in [7, 11) is 2.73. The number of halogens is 3. The van der Waals surface area contributed by atoms with Gasteiger partial charge in [0.1, 0.15) is 6.54 Å². The molecule has 0 atom stereocenters. The van der Waals surface area contributed by atoms with Gasteiger partial charge < -0.3 is 9.64 Å². The molecule has 0 heterocycles. The molecule has 0 aromatic heterocycles. The molecular formula is C12H11F3N2O2. The van der Waals surface area contributed by atoms with Gasteiger partial charge in [-0.2, -0.15) is 18.4 Å². The van der Waals surface area contributed by atoms with Crippen LogP contribution in [0.1, 0.15) is 11.1 Å². The Kier molecular flexibility index (Phi) is 4.38. The number of rotatable bonds is 3. The highest BCUT2D eigenvalue weighted by Crippen LogP contribution is 2.33. The predicted molar refractivity (Wildman–Crippen MR) is 61.4 cm³/mol. The number of nitrogens with zero attached hydrogens (tertiary/aromatic N) is 2. The van der Waals surface area contributed by atoms with Crippen molar-refractivity contribution < 1.29 is 22.7 Å². The Bertz CT molecular complexity index is 521. The van der Waals surface area contributed by atoms with Crippen LogP contribution in [0.15, 0.2) is 18.2 Å². The van der Waals surface area contributed by atoms with E-state index in [1.807, 2.05) is 0 Å². The van der Waals surface area contributed by atoms with Crippen LogP contribution in [0.2, 0.25) is 0 Å². The molecule has 1 aromatic rings. The van der Waals surface area contributed by atoms with Gasteiger partial charge in [-0.05, 0) is 18.2 Å². The second kappa shape index (κ2) is 5.61. The van der Waals surface area contributed by atoms with E-state index >= 15 is 0 Å². The van der Waals surface area contributed by atoms with E-state index in [1.165, 1.54) is 31.2 Å². The van der Waals surface area contributed by atoms with Gasteiger partial charge in [-0.25, -0.2) is 0 Å². The zero-order valence-electron chi connectivity index (χ0n) is 10.3. The van der Waals surface area contributed by atoms with Crippen LogP contribution in [0, 0.1) is 11.3 Å². The number of nitriles is 1. The van der Waals surface area contributed by atoms with Gasteiger partial charge in [0.05, 0.1) is 24.3 Å². The lowest BCUT2D eigenvalue weighted by Gasteiger charge is -2.19. The monoisotopic (exact) mass is 272 g/mol. The van der Waals surface area contributed by atoms with E-state index in [4.69, 9.17) is 5.26 Å². The molecule has 0 bridgehead atoms. The smallest absolute Gasteiger partial charge is 0.417 e. The van der Waals surface area contributed by atoms with Gasteiger partial charge in [-0.3, -0.25) is 4.79 Å². The lowest BCUT2D eigenvalue weighted by Crippen LogP contribution is -2.26. The summed E-state index contributed by atoms with van der Waals surface area (Å²) in [5, 5.41) is 8.76. The normalized spacial score (nSPS) is 10.7. The Morgan fingerprint density at radius 1 is 1.47 bits per heavy atom. The van der Waals surface area contributed by atoms with Gasteiger partial charge in [0.2, 0.25) is 0 Å². The van der Waals surface area contributed by atoms with Crippen molar-refractivity contribution in [3.63, 3.8) is 0 Å². The lowest BCUT2D eigenvalue weighted by molar-refractivity contribution is -0.139. The van der Waals surface area contributed by atoms with E-state index in [1.54, 1.807) is 0 Å². The van der Waals surface area contributed by atoms with Crippen LogP contribution >= 0.6 is 0 Å². The largest absolute Gasteiger partial charge is 0.468 e. The molecule has 0 aliphatic carbocycles. The molecule has 0 fully saturated rings. The minimum Gasteiger partial charge on any atom is -0.468 e. The van der Waals surface area contributed by atoms with Crippen LogP contribution < -0.4 is 4.90 Å². The Hall–Kier alpha value is -2.23. The van der Waals surface area contributed by atoms with E-state index in [-0.39, 0.29) is 6.54 Å². The molecule has 0 amide bonds. The highest BCUT2D eigenvalue weighted by molar-refractivity contribution is 5.75. The van der Waals surface area contributed by atoms with Crippen molar-refractivity contribution in [2.75, 3.05) is 25.6 Å². The molecule has 1 rings (SSSR count). The van der Waals surface area contributed by atoms with Gasteiger partial charge >= 0.3 is 12.1 Å². The van der Waals surface area contributed by atoms with Gasteiger partial charge in [-0.15, -0.1) is 0 Å². The Morgan fingerprint density at radius 3 is 2.58 bits per heavy atom. The molecule has 0 N–H and O–H groups in total. The number of likely N-dealkylation sites (N-methyl/N-ethyl adjacent to an activating group) is 1. The molecule has 19 heavy (non-hydrogen) atoms. The van der Waals surface area contributed by atoms with Crippen LogP contribution in [0.5, 0.6) is 0 Å².